The van der Waals surface area contributed by atoms with Gasteiger partial charge < -0.3 is 14.2 Å². The van der Waals surface area contributed by atoms with Gasteiger partial charge in [0.05, 0.1) is 11.8 Å². The fourth-order valence-electron chi connectivity index (χ4n) is 4.16. The summed E-state index contributed by atoms with van der Waals surface area (Å²) in [4.78, 5) is 0. The smallest absolute Gasteiger partial charge is 0.231 e. The van der Waals surface area contributed by atoms with Crippen molar-refractivity contribution in [2.75, 3.05) is 6.79 Å². The lowest BCUT2D eigenvalue weighted by Gasteiger charge is -2.38. The standard InChI is InChI=1S/C23H17ClN2O3/c24-16-5-3-4-15(10-16)23-26-19(17-6-1-2-7-20(17)29-23)12-18(25-26)14-8-9-21-22(11-14)28-13-27-21/h1-11,19,23H,12-13H2/t19-,23-/m0/s1. The third kappa shape index (κ3) is 2.73. The molecule has 0 saturated heterocycles. The first-order valence-corrected chi connectivity index (χ1v) is 9.91. The van der Waals surface area contributed by atoms with E-state index in [1.165, 1.54) is 0 Å². The van der Waals surface area contributed by atoms with Gasteiger partial charge >= 0.3 is 0 Å². The van der Waals surface area contributed by atoms with Gasteiger partial charge in [-0.2, -0.15) is 5.10 Å². The summed E-state index contributed by atoms with van der Waals surface area (Å²) in [6, 6.07) is 22.0. The molecule has 0 amide bonds. The van der Waals surface area contributed by atoms with E-state index in [0.717, 1.165) is 46.1 Å². The Kier molecular flexibility index (Phi) is 3.71. The van der Waals surface area contributed by atoms with Gasteiger partial charge in [0.15, 0.2) is 11.5 Å². The van der Waals surface area contributed by atoms with Crippen LogP contribution in [0.3, 0.4) is 0 Å². The molecule has 29 heavy (non-hydrogen) atoms. The van der Waals surface area contributed by atoms with Gasteiger partial charge in [0.2, 0.25) is 13.0 Å². The van der Waals surface area contributed by atoms with Gasteiger partial charge in [-0.25, -0.2) is 5.01 Å². The normalized spacial score (nSPS) is 21.3. The highest BCUT2D eigenvalue weighted by molar-refractivity contribution is 6.30. The highest BCUT2D eigenvalue weighted by Gasteiger charge is 2.41. The second-order valence-corrected chi connectivity index (χ2v) is 7.71. The zero-order valence-electron chi connectivity index (χ0n) is 15.4. The van der Waals surface area contributed by atoms with E-state index in [1.807, 2.05) is 65.7 Å². The highest BCUT2D eigenvalue weighted by atomic mass is 35.5. The topological polar surface area (TPSA) is 43.3 Å². The lowest BCUT2D eigenvalue weighted by atomic mass is 9.96. The molecule has 0 spiro atoms. The predicted molar refractivity (Wildman–Crippen MR) is 110 cm³/mol. The SMILES string of the molecule is Clc1cccc([C@@H]2Oc3ccccc3[C@@H]3CC(c4ccc5c(c4)OCO5)=NN32)c1. The van der Waals surface area contributed by atoms with Gasteiger partial charge in [0.1, 0.15) is 5.75 Å². The molecular weight excluding hydrogens is 388 g/mol. The zero-order chi connectivity index (χ0) is 19.4. The van der Waals surface area contributed by atoms with Crippen molar-refractivity contribution >= 4 is 17.3 Å². The Morgan fingerprint density at radius 2 is 1.79 bits per heavy atom. The van der Waals surface area contributed by atoms with Gasteiger partial charge in [0.25, 0.3) is 0 Å². The molecule has 6 heteroatoms. The largest absolute Gasteiger partial charge is 0.464 e. The Morgan fingerprint density at radius 3 is 2.72 bits per heavy atom. The molecular formula is C23H17ClN2O3. The summed E-state index contributed by atoms with van der Waals surface area (Å²) < 4.78 is 17.3. The minimum Gasteiger partial charge on any atom is -0.464 e. The van der Waals surface area contributed by atoms with E-state index >= 15 is 0 Å². The van der Waals surface area contributed by atoms with Crippen LogP contribution in [0.1, 0.15) is 35.4 Å². The van der Waals surface area contributed by atoms with E-state index in [0.29, 0.717) is 5.02 Å². The van der Waals surface area contributed by atoms with Crippen LogP contribution in [-0.2, 0) is 0 Å². The number of hydrogen-bond acceptors (Lipinski definition) is 5. The van der Waals surface area contributed by atoms with E-state index < -0.39 is 0 Å². The fourth-order valence-corrected chi connectivity index (χ4v) is 4.36. The molecule has 0 radical (unpaired) electrons. The molecule has 2 atom stereocenters. The summed E-state index contributed by atoms with van der Waals surface area (Å²) >= 11 is 6.25. The maximum absolute atomic E-state index is 6.36. The third-order valence-corrected chi connectivity index (χ3v) is 5.77. The lowest BCUT2D eigenvalue weighted by Crippen LogP contribution is -2.33. The Bertz CT molecular complexity index is 1150. The zero-order valence-corrected chi connectivity index (χ0v) is 16.2. The molecule has 3 heterocycles. The van der Waals surface area contributed by atoms with E-state index in [1.54, 1.807) is 0 Å². The number of fused-ring (bicyclic) bond motifs is 4. The molecule has 0 bridgehead atoms. The van der Waals surface area contributed by atoms with Gasteiger partial charge in [0, 0.05) is 28.1 Å². The molecule has 0 saturated carbocycles. The van der Waals surface area contributed by atoms with Crippen LogP contribution in [0, 0.1) is 0 Å². The number of benzene rings is 3. The summed E-state index contributed by atoms with van der Waals surface area (Å²) in [6.07, 6.45) is 0.456. The summed E-state index contributed by atoms with van der Waals surface area (Å²) in [7, 11) is 0. The van der Waals surface area contributed by atoms with Gasteiger partial charge in [-0.05, 0) is 36.4 Å². The van der Waals surface area contributed by atoms with Crippen molar-refractivity contribution in [3.05, 3.63) is 88.4 Å². The quantitative estimate of drug-likeness (QED) is 0.580. The van der Waals surface area contributed by atoms with Crippen LogP contribution in [0.2, 0.25) is 5.02 Å². The molecule has 3 aliphatic heterocycles. The number of nitrogens with zero attached hydrogens (tertiary/aromatic N) is 2. The minimum absolute atomic E-state index is 0.101. The van der Waals surface area contributed by atoms with Crippen molar-refractivity contribution < 1.29 is 14.2 Å². The molecule has 0 fully saturated rings. The Morgan fingerprint density at radius 1 is 0.897 bits per heavy atom. The Hall–Kier alpha value is -3.18. The molecule has 0 unspecified atom stereocenters. The number of ether oxygens (including phenoxy) is 3. The number of rotatable bonds is 2. The van der Waals surface area contributed by atoms with Crippen LogP contribution in [-0.4, -0.2) is 17.5 Å². The summed E-state index contributed by atoms with van der Waals surface area (Å²) in [6.45, 7) is 0.262. The van der Waals surface area contributed by atoms with Crippen molar-refractivity contribution in [1.29, 1.82) is 0 Å². The molecule has 3 aromatic carbocycles. The van der Waals surface area contributed by atoms with E-state index in [4.69, 9.17) is 30.9 Å². The van der Waals surface area contributed by atoms with Crippen molar-refractivity contribution in [2.24, 2.45) is 5.10 Å². The number of hydrazone groups is 1. The average molecular weight is 405 g/mol. The average Bonchev–Trinajstić information content (AvgIpc) is 3.40. The second-order valence-electron chi connectivity index (χ2n) is 7.28. The van der Waals surface area contributed by atoms with Crippen LogP contribution in [0.25, 0.3) is 0 Å². The van der Waals surface area contributed by atoms with Crippen LogP contribution in [0.15, 0.2) is 71.8 Å². The van der Waals surface area contributed by atoms with Crippen molar-refractivity contribution in [3.63, 3.8) is 0 Å². The minimum atomic E-state index is -0.333. The molecule has 0 aromatic heterocycles. The van der Waals surface area contributed by atoms with E-state index in [-0.39, 0.29) is 19.1 Å². The first kappa shape index (κ1) is 16.7. The molecule has 6 rings (SSSR count). The van der Waals surface area contributed by atoms with Crippen LogP contribution in [0.4, 0.5) is 0 Å². The van der Waals surface area contributed by atoms with E-state index in [2.05, 4.69) is 6.07 Å². The summed E-state index contributed by atoms with van der Waals surface area (Å²) in [5.74, 6) is 2.43. The first-order chi connectivity index (χ1) is 14.3. The summed E-state index contributed by atoms with van der Waals surface area (Å²) in [5, 5.41) is 7.71. The van der Waals surface area contributed by atoms with Gasteiger partial charge in [-0.15, -0.1) is 0 Å². The molecule has 0 N–H and O–H groups in total. The Labute approximate surface area is 173 Å². The molecule has 0 aliphatic carbocycles. The van der Waals surface area contributed by atoms with Crippen molar-refractivity contribution in [3.8, 4) is 17.2 Å². The van der Waals surface area contributed by atoms with E-state index in [9.17, 15) is 0 Å². The monoisotopic (exact) mass is 404 g/mol. The summed E-state index contributed by atoms with van der Waals surface area (Å²) in [5.41, 5.74) is 4.16. The molecule has 3 aliphatic rings. The van der Waals surface area contributed by atoms with Gasteiger partial charge in [-0.3, -0.25) is 0 Å². The maximum Gasteiger partial charge on any atom is 0.231 e. The first-order valence-electron chi connectivity index (χ1n) is 9.53. The number of halogens is 1. The van der Waals surface area contributed by atoms with Crippen LogP contribution >= 0.6 is 11.6 Å². The van der Waals surface area contributed by atoms with Crippen molar-refractivity contribution in [1.82, 2.24) is 5.01 Å². The predicted octanol–water partition coefficient (Wildman–Crippen LogP) is 5.31. The maximum atomic E-state index is 6.36. The van der Waals surface area contributed by atoms with Crippen molar-refractivity contribution in [2.45, 2.75) is 18.7 Å². The Balaban J connectivity index is 1.44. The molecule has 144 valence electrons. The molecule has 5 nitrogen and oxygen atoms in total. The van der Waals surface area contributed by atoms with Crippen LogP contribution in [0.5, 0.6) is 17.2 Å². The number of para-hydroxylation sites is 1. The fraction of sp³-hybridized carbons (Fsp3) is 0.174. The lowest BCUT2D eigenvalue weighted by molar-refractivity contribution is -0.0190. The number of hydrogen-bond donors (Lipinski definition) is 0. The van der Waals surface area contributed by atoms with Crippen LogP contribution < -0.4 is 14.2 Å². The third-order valence-electron chi connectivity index (χ3n) is 5.54. The van der Waals surface area contributed by atoms with Gasteiger partial charge in [-0.1, -0.05) is 41.9 Å². The highest BCUT2D eigenvalue weighted by Crippen LogP contribution is 2.48. The molecule has 3 aromatic rings. The second kappa shape index (κ2) is 6.42.